The Morgan fingerprint density at radius 2 is 1.33 bits per heavy atom. The van der Waals surface area contributed by atoms with Crippen LogP contribution in [0.1, 0.15) is 165 Å². The SMILES string of the molecule is CCC1CC(C2CCC(C)C2)CC(C)C1C.CCCCC1C(C)CC2CCCC2C1C1CCC(C(C)C)CC1. The second kappa shape index (κ2) is 14.9. The fourth-order valence-electron chi connectivity index (χ4n) is 11.5. The number of unbranched alkanes of at least 4 members (excludes halogenated alkanes) is 1. The lowest BCUT2D eigenvalue weighted by molar-refractivity contribution is -0.00486. The molecule has 0 aromatic heterocycles. The molecule has 0 aliphatic heterocycles. The van der Waals surface area contributed by atoms with Gasteiger partial charge in [0.25, 0.3) is 0 Å². The van der Waals surface area contributed by atoms with Crippen molar-refractivity contribution in [3.05, 3.63) is 0 Å². The quantitative estimate of drug-likeness (QED) is 0.301. The molecule has 0 spiro atoms. The maximum absolute atomic E-state index is 2.61. The van der Waals surface area contributed by atoms with E-state index in [1.54, 1.807) is 44.9 Å². The van der Waals surface area contributed by atoms with E-state index in [-0.39, 0.29) is 0 Å². The minimum absolute atomic E-state index is 0.913. The molecule has 5 aliphatic carbocycles. The largest absolute Gasteiger partial charge is 0.0654 e. The van der Waals surface area contributed by atoms with Crippen LogP contribution in [0.5, 0.6) is 0 Å². The molecule has 0 heteroatoms. The Bertz CT molecular complexity index is 684. The Hall–Kier alpha value is 0. The highest BCUT2D eigenvalue weighted by molar-refractivity contribution is 4.97. The molecule has 5 saturated carbocycles. The molecule has 0 heterocycles. The van der Waals surface area contributed by atoms with Gasteiger partial charge in [-0.3, -0.25) is 0 Å². The first-order chi connectivity index (χ1) is 18.7. The first-order valence-corrected chi connectivity index (χ1v) is 18.7. The Morgan fingerprint density at radius 3 is 1.95 bits per heavy atom. The van der Waals surface area contributed by atoms with Crippen molar-refractivity contribution in [2.45, 2.75) is 165 Å². The summed E-state index contributed by atoms with van der Waals surface area (Å²) in [7, 11) is 0. The summed E-state index contributed by atoms with van der Waals surface area (Å²) in [5, 5.41) is 0. The van der Waals surface area contributed by atoms with Gasteiger partial charge in [-0.25, -0.2) is 0 Å². The zero-order valence-corrected chi connectivity index (χ0v) is 28.1. The normalized spacial score (nSPS) is 46.5. The highest BCUT2D eigenvalue weighted by Crippen LogP contribution is 2.56. The first-order valence-electron chi connectivity index (χ1n) is 18.7. The third-order valence-electron chi connectivity index (χ3n) is 14.2. The molecule has 0 bridgehead atoms. The van der Waals surface area contributed by atoms with Gasteiger partial charge in [-0.1, -0.05) is 93.9 Å². The molecular weight excluding hydrogens is 468 g/mol. The summed E-state index contributed by atoms with van der Waals surface area (Å²) in [6, 6.07) is 0. The predicted octanol–water partition coefficient (Wildman–Crippen LogP) is 12.5. The lowest BCUT2D eigenvalue weighted by atomic mass is 9.56. The minimum atomic E-state index is 0.913. The molecule has 5 rings (SSSR count). The van der Waals surface area contributed by atoms with E-state index >= 15 is 0 Å². The Kier molecular flexibility index (Phi) is 12.2. The van der Waals surface area contributed by atoms with Crippen LogP contribution in [0.25, 0.3) is 0 Å². The van der Waals surface area contributed by atoms with Crippen LogP contribution in [0, 0.1) is 82.9 Å². The molecule has 0 aromatic carbocycles. The van der Waals surface area contributed by atoms with Crippen LogP contribution in [0.2, 0.25) is 0 Å². The molecular formula is C39H72. The van der Waals surface area contributed by atoms with Gasteiger partial charge in [0.15, 0.2) is 0 Å². The highest BCUT2D eigenvalue weighted by Gasteiger charge is 2.47. The second-order valence-corrected chi connectivity index (χ2v) is 16.8. The summed E-state index contributed by atoms with van der Waals surface area (Å²) in [6.07, 6.45) is 25.9. The lowest BCUT2D eigenvalue weighted by Crippen LogP contribution is -2.42. The maximum atomic E-state index is 2.61. The van der Waals surface area contributed by atoms with Gasteiger partial charge in [0.05, 0.1) is 0 Å². The van der Waals surface area contributed by atoms with E-state index in [1.165, 1.54) is 64.2 Å². The van der Waals surface area contributed by atoms with Gasteiger partial charge in [-0.15, -0.1) is 0 Å². The van der Waals surface area contributed by atoms with Crippen LogP contribution in [0.15, 0.2) is 0 Å². The summed E-state index contributed by atoms with van der Waals surface area (Å²) in [5.74, 6) is 14.6. The topological polar surface area (TPSA) is 0 Å². The molecule has 0 N–H and O–H groups in total. The van der Waals surface area contributed by atoms with Crippen molar-refractivity contribution in [3.8, 4) is 0 Å². The molecule has 11 atom stereocenters. The van der Waals surface area contributed by atoms with Gasteiger partial charge in [-0.2, -0.15) is 0 Å². The number of fused-ring (bicyclic) bond motifs is 1. The van der Waals surface area contributed by atoms with Crippen molar-refractivity contribution in [2.75, 3.05) is 0 Å². The van der Waals surface area contributed by atoms with Crippen molar-refractivity contribution in [1.82, 2.24) is 0 Å². The summed E-state index contributed by atoms with van der Waals surface area (Å²) in [4.78, 5) is 0. The third-order valence-corrected chi connectivity index (χ3v) is 14.2. The fraction of sp³-hybridized carbons (Fsp3) is 1.00. The van der Waals surface area contributed by atoms with Gasteiger partial charge < -0.3 is 0 Å². The summed E-state index contributed by atoms with van der Waals surface area (Å²) >= 11 is 0. The minimum Gasteiger partial charge on any atom is -0.0654 e. The van der Waals surface area contributed by atoms with Crippen LogP contribution in [-0.2, 0) is 0 Å². The van der Waals surface area contributed by atoms with Crippen LogP contribution >= 0.6 is 0 Å². The number of hydrogen-bond acceptors (Lipinski definition) is 0. The van der Waals surface area contributed by atoms with E-state index in [1.807, 2.05) is 0 Å². The molecule has 0 aromatic rings. The molecule has 0 radical (unpaired) electrons. The molecule has 228 valence electrons. The van der Waals surface area contributed by atoms with Crippen molar-refractivity contribution < 1.29 is 0 Å². The summed E-state index contributed by atoms with van der Waals surface area (Å²) in [6.45, 7) is 19.7. The maximum Gasteiger partial charge on any atom is -0.0324 e. The van der Waals surface area contributed by atoms with Crippen LogP contribution < -0.4 is 0 Å². The van der Waals surface area contributed by atoms with Crippen molar-refractivity contribution >= 4 is 0 Å². The molecule has 39 heavy (non-hydrogen) atoms. The van der Waals surface area contributed by atoms with E-state index in [0.29, 0.717) is 0 Å². The summed E-state index contributed by atoms with van der Waals surface area (Å²) in [5.41, 5.74) is 0. The van der Waals surface area contributed by atoms with E-state index in [2.05, 4.69) is 55.4 Å². The number of hydrogen-bond donors (Lipinski definition) is 0. The van der Waals surface area contributed by atoms with Crippen LogP contribution in [0.3, 0.4) is 0 Å². The average Bonchev–Trinajstić information content (AvgIpc) is 3.58. The average molecular weight is 541 g/mol. The Morgan fingerprint density at radius 1 is 0.641 bits per heavy atom. The third kappa shape index (κ3) is 7.89. The molecule has 11 unspecified atom stereocenters. The standard InChI is InChI=1S/C23H42.C16H30/c1-5-6-9-21-17(4)15-20-8-7-10-22(20)23(21)19-13-11-18(12-14-19)16(2)3;1-5-14-10-16(9-12(3)13(14)4)15-7-6-11(2)8-15/h16-23H,5-15H2,1-4H3;11-16H,5-10H2,1-4H3. The molecule has 0 amide bonds. The lowest BCUT2D eigenvalue weighted by Gasteiger charge is -2.50. The van der Waals surface area contributed by atoms with Crippen molar-refractivity contribution in [3.63, 3.8) is 0 Å². The molecule has 0 nitrogen and oxygen atoms in total. The predicted molar refractivity (Wildman–Crippen MR) is 173 cm³/mol. The second-order valence-electron chi connectivity index (χ2n) is 16.8. The van der Waals surface area contributed by atoms with E-state index in [4.69, 9.17) is 0 Å². The molecule has 5 fully saturated rings. The number of rotatable bonds is 7. The van der Waals surface area contributed by atoms with Gasteiger partial charge in [0.1, 0.15) is 0 Å². The fourth-order valence-corrected chi connectivity index (χ4v) is 11.5. The monoisotopic (exact) mass is 541 g/mol. The van der Waals surface area contributed by atoms with Gasteiger partial charge >= 0.3 is 0 Å². The van der Waals surface area contributed by atoms with Crippen molar-refractivity contribution in [2.24, 2.45) is 82.9 Å². The Balaban J connectivity index is 0.000000193. The van der Waals surface area contributed by atoms with Gasteiger partial charge in [0.2, 0.25) is 0 Å². The Labute approximate surface area is 247 Å². The zero-order chi connectivity index (χ0) is 28.1. The van der Waals surface area contributed by atoms with E-state index < -0.39 is 0 Å². The van der Waals surface area contributed by atoms with Crippen LogP contribution in [0.4, 0.5) is 0 Å². The summed E-state index contributed by atoms with van der Waals surface area (Å²) < 4.78 is 0. The molecule has 0 saturated heterocycles. The zero-order valence-electron chi connectivity index (χ0n) is 28.1. The highest BCUT2D eigenvalue weighted by atomic mass is 14.5. The van der Waals surface area contributed by atoms with Crippen molar-refractivity contribution in [1.29, 1.82) is 0 Å². The van der Waals surface area contributed by atoms with Crippen LogP contribution in [-0.4, -0.2) is 0 Å². The van der Waals surface area contributed by atoms with E-state index in [0.717, 1.165) is 82.9 Å². The first kappa shape index (κ1) is 31.9. The van der Waals surface area contributed by atoms with Gasteiger partial charge in [-0.05, 0) is 153 Å². The smallest absolute Gasteiger partial charge is 0.0324 e. The van der Waals surface area contributed by atoms with Gasteiger partial charge in [0, 0.05) is 0 Å². The molecule has 5 aliphatic rings. The van der Waals surface area contributed by atoms with E-state index in [9.17, 15) is 0 Å².